The number of amides is 1. The van der Waals surface area contributed by atoms with Crippen molar-refractivity contribution in [1.82, 2.24) is 15.6 Å². The summed E-state index contributed by atoms with van der Waals surface area (Å²) in [6, 6.07) is 19.2. The van der Waals surface area contributed by atoms with Gasteiger partial charge in [0, 0.05) is 5.02 Å². The predicted octanol–water partition coefficient (Wildman–Crippen LogP) is 3.34. The highest BCUT2D eigenvalue weighted by Crippen LogP contribution is 2.22. The summed E-state index contributed by atoms with van der Waals surface area (Å²) in [6.07, 6.45) is 1.24. The van der Waals surface area contributed by atoms with Crippen LogP contribution < -0.4 is 15.1 Å². The number of phenolic OH excluding ortho intramolecular Hbond substituents is 1. The Morgan fingerprint density at radius 1 is 1.21 bits per heavy atom. The van der Waals surface area contributed by atoms with Gasteiger partial charge in [-0.05, 0) is 72.8 Å². The van der Waals surface area contributed by atoms with Crippen molar-refractivity contribution in [3.63, 3.8) is 0 Å². The number of halogens is 1. The molecule has 0 saturated carbocycles. The van der Waals surface area contributed by atoms with Crippen molar-refractivity contribution in [3.8, 4) is 28.6 Å². The summed E-state index contributed by atoms with van der Waals surface area (Å²) in [6.45, 7) is 2.02. The molecular weight excluding hydrogens is 474 g/mol. The summed E-state index contributed by atoms with van der Waals surface area (Å²) in [5, 5.41) is 33.6. The second kappa shape index (κ2) is 10.4. The third-order valence-electron chi connectivity index (χ3n) is 4.80. The van der Waals surface area contributed by atoms with E-state index < -0.39 is 5.75 Å². The Kier molecular flexibility index (Phi) is 7.15. The molecule has 0 spiro atoms. The lowest BCUT2D eigenvalue weighted by molar-refractivity contribution is -0.625. The van der Waals surface area contributed by atoms with Gasteiger partial charge in [-0.3, -0.25) is 4.79 Å². The van der Waals surface area contributed by atoms with Gasteiger partial charge in [0.25, 0.3) is 11.7 Å². The van der Waals surface area contributed by atoms with E-state index in [1.807, 2.05) is 47.9 Å². The van der Waals surface area contributed by atoms with Gasteiger partial charge < -0.3 is 10.2 Å². The fourth-order valence-corrected chi connectivity index (χ4v) is 3.98. The lowest BCUT2D eigenvalue weighted by Crippen LogP contribution is -2.34. The largest absolute Gasteiger partial charge is 0.872 e. The molecule has 0 radical (unpaired) electrons. The van der Waals surface area contributed by atoms with Gasteiger partial charge in [0.05, 0.1) is 22.6 Å². The summed E-state index contributed by atoms with van der Waals surface area (Å²) < 4.78 is 1.92. The molecular formula is C24H20ClN5O3S. The number of aromatic nitrogens is 3. The number of aryl methyl sites for hydroxylation is 1. The zero-order valence-corrected chi connectivity index (χ0v) is 19.6. The van der Waals surface area contributed by atoms with Crippen LogP contribution in [0.15, 0.2) is 77.0 Å². The fraction of sp³-hybridized carbons (Fsp3) is 0.0833. The van der Waals surface area contributed by atoms with Crippen LogP contribution in [0.3, 0.4) is 0 Å². The van der Waals surface area contributed by atoms with E-state index in [1.165, 1.54) is 30.1 Å². The second-order valence-electron chi connectivity index (χ2n) is 7.34. The molecule has 8 nitrogen and oxygen atoms in total. The molecule has 172 valence electrons. The first-order valence-corrected chi connectivity index (χ1v) is 11.6. The average molecular weight is 494 g/mol. The molecule has 4 rings (SSSR count). The monoisotopic (exact) mass is 493 g/mol. The lowest BCUT2D eigenvalue weighted by Gasteiger charge is -2.09. The van der Waals surface area contributed by atoms with Crippen LogP contribution >= 0.6 is 23.4 Å². The quantitative estimate of drug-likeness (QED) is 0.158. The number of nitrogens with zero attached hydrogens (tertiary/aromatic N) is 3. The fourth-order valence-electron chi connectivity index (χ4n) is 3.09. The topological polar surface area (TPSA) is 117 Å². The summed E-state index contributed by atoms with van der Waals surface area (Å²) in [4.78, 5) is 12.3. The molecule has 3 N–H and O–H groups in total. The Balaban J connectivity index is 1.51. The molecule has 0 saturated heterocycles. The van der Waals surface area contributed by atoms with Gasteiger partial charge in [0.1, 0.15) is 11.4 Å². The number of carbonyl (C=O) groups excluding carboxylic acids is 1. The smallest absolute Gasteiger partial charge is 0.342 e. The first-order chi connectivity index (χ1) is 16.4. The van der Waals surface area contributed by atoms with Crippen LogP contribution in [-0.2, 0) is 4.79 Å². The van der Waals surface area contributed by atoms with Crippen LogP contribution in [0.1, 0.15) is 11.1 Å². The van der Waals surface area contributed by atoms with Crippen molar-refractivity contribution >= 4 is 35.5 Å². The maximum absolute atomic E-state index is 12.3. The maximum Gasteiger partial charge on any atom is 0.342 e. The minimum Gasteiger partial charge on any atom is -0.872 e. The highest BCUT2D eigenvalue weighted by atomic mass is 35.5. The highest BCUT2D eigenvalue weighted by molar-refractivity contribution is 7.99. The van der Waals surface area contributed by atoms with Crippen LogP contribution in [-0.4, -0.2) is 33.2 Å². The predicted molar refractivity (Wildman–Crippen MR) is 129 cm³/mol. The van der Waals surface area contributed by atoms with Gasteiger partial charge in [-0.15, -0.1) is 5.10 Å². The van der Waals surface area contributed by atoms with Crippen LogP contribution in [0, 0.1) is 6.92 Å². The Labute approximate surface area is 204 Å². The van der Waals surface area contributed by atoms with Crippen molar-refractivity contribution in [2.24, 2.45) is 5.10 Å². The molecule has 34 heavy (non-hydrogen) atoms. The van der Waals surface area contributed by atoms with Gasteiger partial charge in [-0.25, -0.2) is 5.43 Å². The van der Waals surface area contributed by atoms with Crippen LogP contribution in [0.4, 0.5) is 0 Å². The van der Waals surface area contributed by atoms with E-state index in [1.54, 1.807) is 12.1 Å². The molecule has 4 aromatic rings. The third kappa shape index (κ3) is 5.56. The number of hydrogen-bond donors (Lipinski definition) is 3. The molecule has 0 bridgehead atoms. The van der Waals surface area contributed by atoms with E-state index in [4.69, 9.17) is 11.6 Å². The molecule has 1 amide bonds. The first kappa shape index (κ1) is 23.3. The molecule has 1 heterocycles. The molecule has 0 fully saturated rings. The molecule has 10 heteroatoms. The summed E-state index contributed by atoms with van der Waals surface area (Å²) in [5.74, 6) is -0.0751. The number of H-pyrrole nitrogens is 1. The van der Waals surface area contributed by atoms with E-state index in [0.717, 1.165) is 28.7 Å². The van der Waals surface area contributed by atoms with Crippen molar-refractivity contribution in [1.29, 1.82) is 0 Å². The lowest BCUT2D eigenvalue weighted by atomic mass is 10.1. The minimum atomic E-state index is -0.392. The van der Waals surface area contributed by atoms with Crippen molar-refractivity contribution in [2.75, 3.05) is 5.75 Å². The third-order valence-corrected chi connectivity index (χ3v) is 6.00. The SMILES string of the molecule is Cc1ccc(-c2[nH]nc(SCC(=O)N/N=C/c3ccc(O)cc3[O-])[n+]2-c2ccc(Cl)cc2)cc1. The zero-order chi connectivity index (χ0) is 24.1. The van der Waals surface area contributed by atoms with E-state index in [0.29, 0.717) is 10.2 Å². The van der Waals surface area contributed by atoms with Crippen LogP contribution in [0.25, 0.3) is 17.1 Å². The second-order valence-corrected chi connectivity index (χ2v) is 8.72. The molecule has 1 aromatic heterocycles. The van der Waals surface area contributed by atoms with Crippen LogP contribution in [0.5, 0.6) is 11.5 Å². The van der Waals surface area contributed by atoms with Gasteiger partial charge in [0.2, 0.25) is 0 Å². The van der Waals surface area contributed by atoms with E-state index >= 15 is 0 Å². The Morgan fingerprint density at radius 3 is 2.65 bits per heavy atom. The number of phenols is 1. The van der Waals surface area contributed by atoms with Crippen molar-refractivity contribution in [2.45, 2.75) is 12.1 Å². The first-order valence-electron chi connectivity index (χ1n) is 10.2. The molecule has 3 aromatic carbocycles. The molecule has 0 aliphatic carbocycles. The number of hydrogen-bond acceptors (Lipinski definition) is 6. The number of aromatic amines is 1. The van der Waals surface area contributed by atoms with E-state index in [-0.39, 0.29) is 23.0 Å². The Bertz CT molecular complexity index is 1340. The standard InChI is InChI=1S/C24H20ClN5O3S/c1-15-2-4-16(5-3-15)23-28-29-24(30(23)19-9-7-18(25)8-10-19)34-14-22(33)27-26-13-17-6-11-20(31)12-21(17)32/h2-13H,14H2,1H3,(H3,26,27,31,32,33). The minimum absolute atomic E-state index is 0.0446. The zero-order valence-electron chi connectivity index (χ0n) is 18.0. The summed E-state index contributed by atoms with van der Waals surface area (Å²) in [5.41, 5.74) is 5.57. The van der Waals surface area contributed by atoms with Gasteiger partial charge in [0.15, 0.2) is 0 Å². The van der Waals surface area contributed by atoms with Gasteiger partial charge in [-0.2, -0.15) is 9.67 Å². The number of aromatic hydroxyl groups is 1. The van der Waals surface area contributed by atoms with Gasteiger partial charge in [-0.1, -0.05) is 41.1 Å². The van der Waals surface area contributed by atoms with E-state index in [2.05, 4.69) is 20.7 Å². The molecule has 0 atom stereocenters. The molecule has 0 unspecified atom stereocenters. The molecule has 0 aliphatic rings. The van der Waals surface area contributed by atoms with Crippen molar-refractivity contribution in [3.05, 3.63) is 82.9 Å². The number of benzene rings is 3. The number of rotatable bonds is 7. The Hall–Kier alpha value is -3.82. The molecule has 0 aliphatic heterocycles. The Morgan fingerprint density at radius 2 is 1.94 bits per heavy atom. The number of hydrazone groups is 1. The number of thioether (sulfide) groups is 1. The normalized spacial score (nSPS) is 11.1. The van der Waals surface area contributed by atoms with Crippen molar-refractivity contribution < 1.29 is 19.6 Å². The average Bonchev–Trinajstić information content (AvgIpc) is 3.24. The van der Waals surface area contributed by atoms with Crippen LogP contribution in [0.2, 0.25) is 5.02 Å². The summed E-state index contributed by atoms with van der Waals surface area (Å²) in [7, 11) is 0. The number of nitrogens with one attached hydrogen (secondary N) is 2. The van der Waals surface area contributed by atoms with Gasteiger partial charge >= 0.3 is 5.16 Å². The summed E-state index contributed by atoms with van der Waals surface area (Å²) >= 11 is 7.29. The highest BCUT2D eigenvalue weighted by Gasteiger charge is 2.24. The number of carbonyl (C=O) groups is 1. The van der Waals surface area contributed by atoms with E-state index in [9.17, 15) is 15.0 Å². The maximum atomic E-state index is 12.3.